The minimum atomic E-state index is -4.82. The highest BCUT2D eigenvalue weighted by atomic mass is 35.5. The molecule has 1 aromatic carbocycles. The van der Waals surface area contributed by atoms with Crippen LogP contribution in [0.15, 0.2) is 41.6 Å². The molecule has 1 aliphatic rings. The Balaban J connectivity index is 2.08. The van der Waals surface area contributed by atoms with Crippen molar-refractivity contribution in [1.82, 2.24) is 4.98 Å². The third kappa shape index (κ3) is 4.12. The van der Waals surface area contributed by atoms with Gasteiger partial charge in [0.15, 0.2) is 9.84 Å². The Morgan fingerprint density at radius 1 is 1.15 bits per heavy atom. The van der Waals surface area contributed by atoms with Crippen molar-refractivity contribution in [3.05, 3.63) is 47.2 Å². The summed E-state index contributed by atoms with van der Waals surface area (Å²) in [4.78, 5) is 3.16. The Morgan fingerprint density at radius 2 is 1.89 bits per heavy atom. The third-order valence-electron chi connectivity index (χ3n) is 4.74. The summed E-state index contributed by atoms with van der Waals surface area (Å²) in [6.07, 6.45) is -1.36. The molecule has 27 heavy (non-hydrogen) atoms. The van der Waals surface area contributed by atoms with Gasteiger partial charge in [0.05, 0.1) is 26.8 Å². The number of rotatable bonds is 4. The maximum absolute atomic E-state index is 13.7. The third-order valence-corrected chi connectivity index (χ3v) is 7.22. The molecule has 1 aromatic heterocycles. The number of alkyl halides is 3. The van der Waals surface area contributed by atoms with Crippen LogP contribution >= 0.6 is 11.6 Å². The fraction of sp³-hybridized carbons (Fsp3) is 0.389. The van der Waals surface area contributed by atoms with E-state index in [1.165, 1.54) is 31.6 Å². The summed E-state index contributed by atoms with van der Waals surface area (Å²) in [6.45, 7) is 0. The fourth-order valence-corrected chi connectivity index (χ4v) is 5.51. The summed E-state index contributed by atoms with van der Waals surface area (Å²) in [7, 11) is -2.68. The van der Waals surface area contributed by atoms with Crippen LogP contribution in [-0.2, 0) is 20.8 Å². The first-order valence-electron chi connectivity index (χ1n) is 8.22. The summed E-state index contributed by atoms with van der Waals surface area (Å²) in [5, 5.41) is -0.614. The van der Waals surface area contributed by atoms with Gasteiger partial charge in [0, 0.05) is 25.1 Å². The van der Waals surface area contributed by atoms with Crippen LogP contribution < -0.4 is 0 Å². The molecule has 1 fully saturated rings. The number of hydrogen-bond donors (Lipinski definition) is 0. The second kappa shape index (κ2) is 7.41. The molecule has 0 saturated heterocycles. The molecule has 1 aliphatic carbocycles. The minimum absolute atomic E-state index is 0.191. The first-order chi connectivity index (χ1) is 12.6. The first-order valence-corrected chi connectivity index (χ1v) is 10.1. The zero-order valence-electron chi connectivity index (χ0n) is 14.3. The van der Waals surface area contributed by atoms with Gasteiger partial charge in [-0.2, -0.15) is 13.2 Å². The van der Waals surface area contributed by atoms with E-state index in [1.54, 1.807) is 0 Å². The zero-order chi connectivity index (χ0) is 19.8. The van der Waals surface area contributed by atoms with E-state index in [1.807, 2.05) is 0 Å². The van der Waals surface area contributed by atoms with Crippen molar-refractivity contribution in [1.29, 1.82) is 0 Å². The Kier molecular flexibility index (Phi) is 5.52. The molecule has 0 unspecified atom stereocenters. The van der Waals surface area contributed by atoms with Crippen LogP contribution in [-0.4, -0.2) is 31.9 Å². The number of hydrogen-bond acceptors (Lipinski definition) is 4. The van der Waals surface area contributed by atoms with Crippen LogP contribution in [0.4, 0.5) is 13.2 Å². The van der Waals surface area contributed by atoms with Crippen molar-refractivity contribution >= 4 is 21.4 Å². The van der Waals surface area contributed by atoms with Crippen molar-refractivity contribution in [3.63, 3.8) is 0 Å². The highest BCUT2D eigenvalue weighted by Gasteiger charge is 2.42. The number of sulfone groups is 1. The molecule has 2 aromatic rings. The number of halogens is 4. The molecule has 0 amide bonds. The van der Waals surface area contributed by atoms with Gasteiger partial charge in [0.25, 0.3) is 0 Å². The number of benzene rings is 1. The summed E-state index contributed by atoms with van der Waals surface area (Å²) in [6, 6.07) is 4.67. The molecule has 1 heterocycles. The van der Waals surface area contributed by atoms with Crippen molar-refractivity contribution in [2.75, 3.05) is 7.11 Å². The molecule has 0 aliphatic heterocycles. The Bertz CT molecular complexity index is 947. The van der Waals surface area contributed by atoms with Gasteiger partial charge in [-0.25, -0.2) is 8.42 Å². The number of aromatic nitrogens is 1. The summed E-state index contributed by atoms with van der Waals surface area (Å²) in [5.74, 6) is 0. The predicted molar refractivity (Wildman–Crippen MR) is 95.3 cm³/mol. The number of nitrogens with zero attached hydrogens (tertiary/aromatic N) is 1. The number of pyridine rings is 1. The molecular weight excluding hydrogens is 403 g/mol. The molecule has 0 bridgehead atoms. The van der Waals surface area contributed by atoms with Crippen LogP contribution in [0.2, 0.25) is 5.02 Å². The minimum Gasteiger partial charge on any atom is -0.381 e. The monoisotopic (exact) mass is 419 g/mol. The second-order valence-electron chi connectivity index (χ2n) is 6.44. The maximum atomic E-state index is 13.7. The van der Waals surface area contributed by atoms with Gasteiger partial charge >= 0.3 is 6.18 Å². The van der Waals surface area contributed by atoms with Gasteiger partial charge in [-0.1, -0.05) is 17.7 Å². The molecule has 3 rings (SSSR count). The van der Waals surface area contributed by atoms with Crippen molar-refractivity contribution in [3.8, 4) is 11.1 Å². The first kappa shape index (κ1) is 20.1. The van der Waals surface area contributed by atoms with E-state index in [0.29, 0.717) is 12.0 Å². The van der Waals surface area contributed by atoms with E-state index in [0.717, 1.165) is 12.1 Å². The van der Waals surface area contributed by atoms with E-state index in [4.69, 9.17) is 16.3 Å². The molecule has 4 nitrogen and oxygen atoms in total. The van der Waals surface area contributed by atoms with E-state index < -0.39 is 31.7 Å². The topological polar surface area (TPSA) is 56.3 Å². The van der Waals surface area contributed by atoms with Gasteiger partial charge < -0.3 is 4.74 Å². The van der Waals surface area contributed by atoms with E-state index in [9.17, 15) is 21.6 Å². The molecule has 0 N–H and O–H groups in total. The molecule has 0 radical (unpaired) electrons. The van der Waals surface area contributed by atoms with E-state index in [-0.39, 0.29) is 29.5 Å². The second-order valence-corrected chi connectivity index (χ2v) is 9.07. The molecule has 2 atom stereocenters. The van der Waals surface area contributed by atoms with Crippen LogP contribution in [0, 0.1) is 0 Å². The highest BCUT2D eigenvalue weighted by Crippen LogP contribution is 2.40. The lowest BCUT2D eigenvalue weighted by atomic mass is 10.0. The smallest absolute Gasteiger partial charge is 0.381 e. The average Bonchev–Trinajstić information content (AvgIpc) is 3.10. The highest BCUT2D eigenvalue weighted by molar-refractivity contribution is 7.92. The lowest BCUT2D eigenvalue weighted by Crippen LogP contribution is -2.23. The lowest BCUT2D eigenvalue weighted by molar-refractivity contribution is -0.139. The van der Waals surface area contributed by atoms with Crippen molar-refractivity contribution in [2.24, 2.45) is 0 Å². The Labute approximate surface area is 160 Å². The maximum Gasteiger partial charge on any atom is 0.417 e. The largest absolute Gasteiger partial charge is 0.417 e. The summed E-state index contributed by atoms with van der Waals surface area (Å²) >= 11 is 5.85. The van der Waals surface area contributed by atoms with Gasteiger partial charge in [0.1, 0.15) is 0 Å². The Hall–Kier alpha value is -1.64. The average molecular weight is 420 g/mol. The molecule has 146 valence electrons. The Morgan fingerprint density at radius 3 is 2.48 bits per heavy atom. The van der Waals surface area contributed by atoms with Crippen LogP contribution in [0.3, 0.4) is 0 Å². The van der Waals surface area contributed by atoms with Gasteiger partial charge in [-0.3, -0.25) is 4.98 Å². The molecule has 1 saturated carbocycles. The quantitative estimate of drug-likeness (QED) is 0.716. The number of methoxy groups -OCH3 is 1. The molecule has 9 heteroatoms. The van der Waals surface area contributed by atoms with Crippen molar-refractivity contribution < 1.29 is 26.3 Å². The normalized spacial score (nSPS) is 20.8. The zero-order valence-corrected chi connectivity index (χ0v) is 15.9. The molecule has 0 spiro atoms. The van der Waals surface area contributed by atoms with Gasteiger partial charge in [-0.05, 0) is 43.0 Å². The van der Waals surface area contributed by atoms with Crippen molar-refractivity contribution in [2.45, 2.75) is 41.7 Å². The standard InChI is InChI=1S/C18H17ClF3NO3S/c1-26-14-3-4-15(8-14)27(24,25)17-5-2-11(7-16(17)18(20,21)22)12-6-13(19)10-23-9-12/h2,5-7,9-10,14-15H,3-4,8H2,1H3/t14-,15-/m0/s1. The van der Waals surface area contributed by atoms with Crippen LogP contribution in [0.25, 0.3) is 11.1 Å². The predicted octanol–water partition coefficient (Wildman–Crippen LogP) is 4.76. The van der Waals surface area contributed by atoms with Crippen LogP contribution in [0.5, 0.6) is 0 Å². The molecular formula is C18H17ClF3NO3S. The fourth-order valence-electron chi connectivity index (χ4n) is 3.33. The SMILES string of the molecule is CO[C@H]1CC[C@H](S(=O)(=O)c2ccc(-c3cncc(Cl)c3)cc2C(F)(F)F)C1. The van der Waals surface area contributed by atoms with Gasteiger partial charge in [-0.15, -0.1) is 0 Å². The number of ether oxygens (including phenoxy) is 1. The van der Waals surface area contributed by atoms with Crippen LogP contribution in [0.1, 0.15) is 24.8 Å². The summed E-state index contributed by atoms with van der Waals surface area (Å²) in [5.41, 5.74) is -0.615. The van der Waals surface area contributed by atoms with E-state index in [2.05, 4.69) is 4.98 Å². The van der Waals surface area contributed by atoms with E-state index >= 15 is 0 Å². The summed E-state index contributed by atoms with van der Waals surface area (Å²) < 4.78 is 71.9. The lowest BCUT2D eigenvalue weighted by Gasteiger charge is -2.18. The van der Waals surface area contributed by atoms with Gasteiger partial charge in [0.2, 0.25) is 0 Å².